The van der Waals surface area contributed by atoms with Gasteiger partial charge in [0, 0.05) is 11.1 Å². The quantitative estimate of drug-likeness (QED) is 0.747. The molecule has 0 aliphatic heterocycles. The topological polar surface area (TPSA) is 69.6 Å². The number of nitrogens with two attached hydrogens (primary N) is 1. The molecule has 5 nitrogen and oxygen atoms in total. The number of thiazole rings is 1. The molecular weight excluding hydrogens is 234 g/mol. The van der Waals surface area contributed by atoms with E-state index in [0.29, 0.717) is 12.5 Å². The van der Waals surface area contributed by atoms with Crippen LogP contribution in [0.4, 0.5) is 5.95 Å². The fourth-order valence-electron chi connectivity index (χ4n) is 1.79. The summed E-state index contributed by atoms with van der Waals surface area (Å²) in [5.41, 5.74) is 10.7. The van der Waals surface area contributed by atoms with Gasteiger partial charge in [-0.1, -0.05) is 0 Å². The number of pyridine rings is 1. The van der Waals surface area contributed by atoms with E-state index in [1.807, 2.05) is 23.1 Å². The number of fused-ring (bicyclic) bond motifs is 1. The SMILES string of the molecule is Cc1ncsc1Cn1c(N)nc2cnccc21. The number of aryl methyl sites for hydroxylation is 1. The molecule has 2 N–H and O–H groups in total. The van der Waals surface area contributed by atoms with Crippen molar-refractivity contribution in [3.63, 3.8) is 0 Å². The van der Waals surface area contributed by atoms with Crippen LogP contribution in [0.5, 0.6) is 0 Å². The van der Waals surface area contributed by atoms with Crippen molar-refractivity contribution in [1.82, 2.24) is 19.5 Å². The van der Waals surface area contributed by atoms with Gasteiger partial charge in [0.2, 0.25) is 5.95 Å². The third kappa shape index (κ3) is 1.66. The fraction of sp³-hybridized carbons (Fsp3) is 0.182. The second kappa shape index (κ2) is 3.81. The van der Waals surface area contributed by atoms with Crippen molar-refractivity contribution in [2.75, 3.05) is 5.73 Å². The maximum atomic E-state index is 5.93. The van der Waals surface area contributed by atoms with Crippen LogP contribution in [0, 0.1) is 6.92 Å². The largest absolute Gasteiger partial charge is 0.369 e. The van der Waals surface area contributed by atoms with Gasteiger partial charge in [-0.3, -0.25) is 4.98 Å². The van der Waals surface area contributed by atoms with E-state index < -0.39 is 0 Å². The third-order valence-corrected chi connectivity index (χ3v) is 3.65. The molecule has 3 rings (SSSR count). The number of anilines is 1. The third-order valence-electron chi connectivity index (χ3n) is 2.73. The first-order chi connectivity index (χ1) is 8.25. The monoisotopic (exact) mass is 245 g/mol. The first kappa shape index (κ1) is 10.2. The van der Waals surface area contributed by atoms with Crippen molar-refractivity contribution >= 4 is 28.3 Å². The number of aromatic nitrogens is 4. The highest BCUT2D eigenvalue weighted by molar-refractivity contribution is 7.09. The van der Waals surface area contributed by atoms with E-state index in [4.69, 9.17) is 5.73 Å². The molecule has 0 aliphatic rings. The standard InChI is InChI=1S/C11H11N5S/c1-7-10(17-6-14-7)5-16-9-2-3-13-4-8(9)15-11(16)12/h2-4,6H,5H2,1H3,(H2,12,15). The zero-order valence-electron chi connectivity index (χ0n) is 9.29. The highest BCUT2D eigenvalue weighted by Crippen LogP contribution is 2.21. The van der Waals surface area contributed by atoms with Crippen molar-refractivity contribution in [1.29, 1.82) is 0 Å². The Morgan fingerprint density at radius 3 is 3.12 bits per heavy atom. The van der Waals surface area contributed by atoms with Crippen LogP contribution in [-0.2, 0) is 6.54 Å². The Labute approximate surface area is 102 Å². The minimum atomic E-state index is 0.515. The lowest BCUT2D eigenvalue weighted by atomic mass is 10.3. The molecule has 0 saturated heterocycles. The van der Waals surface area contributed by atoms with E-state index in [0.717, 1.165) is 16.7 Å². The molecule has 0 atom stereocenters. The van der Waals surface area contributed by atoms with Crippen LogP contribution in [0.1, 0.15) is 10.6 Å². The van der Waals surface area contributed by atoms with E-state index >= 15 is 0 Å². The zero-order chi connectivity index (χ0) is 11.8. The molecule has 0 bridgehead atoms. The summed E-state index contributed by atoms with van der Waals surface area (Å²) < 4.78 is 1.98. The second-order valence-corrected chi connectivity index (χ2v) is 4.72. The number of hydrogen-bond donors (Lipinski definition) is 1. The number of hydrogen-bond acceptors (Lipinski definition) is 5. The Balaban J connectivity index is 2.11. The molecule has 3 aromatic rings. The van der Waals surface area contributed by atoms with Crippen LogP contribution in [-0.4, -0.2) is 19.5 Å². The van der Waals surface area contributed by atoms with Gasteiger partial charge in [-0.05, 0) is 13.0 Å². The van der Waals surface area contributed by atoms with E-state index in [1.165, 1.54) is 4.88 Å². The molecule has 86 valence electrons. The lowest BCUT2D eigenvalue weighted by Crippen LogP contribution is -2.04. The fourth-order valence-corrected chi connectivity index (χ4v) is 2.55. The Morgan fingerprint density at radius 1 is 1.47 bits per heavy atom. The zero-order valence-corrected chi connectivity index (χ0v) is 10.1. The molecule has 6 heteroatoms. The van der Waals surface area contributed by atoms with Crippen LogP contribution in [0.25, 0.3) is 11.0 Å². The first-order valence-corrected chi connectivity index (χ1v) is 6.08. The molecule has 0 fully saturated rings. The Kier molecular flexibility index (Phi) is 2.29. The Morgan fingerprint density at radius 2 is 2.35 bits per heavy atom. The second-order valence-electron chi connectivity index (χ2n) is 3.78. The molecular formula is C11H11N5S. The molecule has 0 aromatic carbocycles. The van der Waals surface area contributed by atoms with Crippen LogP contribution in [0.2, 0.25) is 0 Å². The van der Waals surface area contributed by atoms with E-state index in [2.05, 4.69) is 15.0 Å². The summed E-state index contributed by atoms with van der Waals surface area (Å²) in [6.07, 6.45) is 3.47. The maximum absolute atomic E-state index is 5.93. The number of rotatable bonds is 2. The van der Waals surface area contributed by atoms with Crippen LogP contribution >= 0.6 is 11.3 Å². The Bertz CT molecular complexity index is 669. The lowest BCUT2D eigenvalue weighted by molar-refractivity contribution is 0.843. The molecule has 3 aromatic heterocycles. The predicted octanol–water partition coefficient (Wildman–Crippen LogP) is 1.83. The number of imidazole rings is 1. The summed E-state index contributed by atoms with van der Waals surface area (Å²) in [5.74, 6) is 0.515. The van der Waals surface area contributed by atoms with Crippen molar-refractivity contribution in [2.24, 2.45) is 0 Å². The maximum Gasteiger partial charge on any atom is 0.201 e. The molecule has 0 unspecified atom stereocenters. The van der Waals surface area contributed by atoms with Gasteiger partial charge >= 0.3 is 0 Å². The lowest BCUT2D eigenvalue weighted by Gasteiger charge is -2.04. The van der Waals surface area contributed by atoms with Crippen LogP contribution < -0.4 is 5.73 Å². The number of nitrogen functional groups attached to an aromatic ring is 1. The molecule has 0 amide bonds. The van der Waals surface area contributed by atoms with Crippen molar-refractivity contribution in [3.8, 4) is 0 Å². The first-order valence-electron chi connectivity index (χ1n) is 5.20. The van der Waals surface area contributed by atoms with E-state index in [1.54, 1.807) is 23.7 Å². The average molecular weight is 245 g/mol. The van der Waals surface area contributed by atoms with Gasteiger partial charge in [-0.2, -0.15) is 0 Å². The molecule has 0 radical (unpaired) electrons. The van der Waals surface area contributed by atoms with Gasteiger partial charge in [0.25, 0.3) is 0 Å². The summed E-state index contributed by atoms with van der Waals surface area (Å²) in [6.45, 7) is 2.71. The smallest absolute Gasteiger partial charge is 0.201 e. The summed E-state index contributed by atoms with van der Waals surface area (Å²) in [6, 6.07) is 1.93. The van der Waals surface area contributed by atoms with Crippen LogP contribution in [0.3, 0.4) is 0 Å². The van der Waals surface area contributed by atoms with Crippen molar-refractivity contribution in [2.45, 2.75) is 13.5 Å². The molecule has 3 heterocycles. The molecule has 0 spiro atoms. The predicted molar refractivity (Wildman–Crippen MR) is 67.9 cm³/mol. The van der Waals surface area contributed by atoms with Gasteiger partial charge in [0.15, 0.2) is 0 Å². The molecule has 17 heavy (non-hydrogen) atoms. The summed E-state index contributed by atoms with van der Waals surface area (Å²) in [4.78, 5) is 13.8. The van der Waals surface area contributed by atoms with Gasteiger partial charge < -0.3 is 10.3 Å². The minimum Gasteiger partial charge on any atom is -0.369 e. The normalized spacial score (nSPS) is 11.1. The Hall–Kier alpha value is -1.95. The van der Waals surface area contributed by atoms with Gasteiger partial charge in [-0.15, -0.1) is 11.3 Å². The summed E-state index contributed by atoms with van der Waals surface area (Å²) in [5, 5.41) is 0. The van der Waals surface area contributed by atoms with E-state index in [-0.39, 0.29) is 0 Å². The van der Waals surface area contributed by atoms with Gasteiger partial charge in [-0.25, -0.2) is 9.97 Å². The van der Waals surface area contributed by atoms with Crippen molar-refractivity contribution in [3.05, 3.63) is 34.5 Å². The summed E-state index contributed by atoms with van der Waals surface area (Å²) in [7, 11) is 0. The number of nitrogens with zero attached hydrogens (tertiary/aromatic N) is 4. The van der Waals surface area contributed by atoms with Crippen molar-refractivity contribution < 1.29 is 0 Å². The summed E-state index contributed by atoms with van der Waals surface area (Å²) >= 11 is 1.63. The van der Waals surface area contributed by atoms with Gasteiger partial charge in [0.05, 0.1) is 29.5 Å². The minimum absolute atomic E-state index is 0.515. The highest BCUT2D eigenvalue weighted by atomic mass is 32.1. The average Bonchev–Trinajstić information content (AvgIpc) is 2.85. The molecule has 0 saturated carbocycles. The highest BCUT2D eigenvalue weighted by Gasteiger charge is 2.10. The van der Waals surface area contributed by atoms with E-state index in [9.17, 15) is 0 Å². The van der Waals surface area contributed by atoms with Crippen LogP contribution in [0.15, 0.2) is 24.0 Å². The van der Waals surface area contributed by atoms with Gasteiger partial charge in [0.1, 0.15) is 5.52 Å². The molecule has 0 aliphatic carbocycles.